The van der Waals surface area contributed by atoms with Crippen molar-refractivity contribution >= 4 is 11.9 Å². The van der Waals surface area contributed by atoms with Gasteiger partial charge in [-0.25, -0.2) is 4.79 Å². The maximum Gasteiger partial charge on any atom is 0.335 e. The van der Waals surface area contributed by atoms with Crippen molar-refractivity contribution in [1.29, 1.82) is 0 Å². The Morgan fingerprint density at radius 3 is 2.59 bits per heavy atom. The van der Waals surface area contributed by atoms with Gasteiger partial charge in [-0.2, -0.15) is 0 Å². The van der Waals surface area contributed by atoms with Crippen LogP contribution in [0.25, 0.3) is 0 Å². The first-order chi connectivity index (χ1) is 13.0. The average molecular weight is 371 g/mol. The van der Waals surface area contributed by atoms with Crippen LogP contribution in [0.1, 0.15) is 34.3 Å². The van der Waals surface area contributed by atoms with E-state index < -0.39 is 5.97 Å². The maximum atomic E-state index is 11.9. The van der Waals surface area contributed by atoms with Crippen LogP contribution in [0, 0.1) is 6.92 Å². The number of hydrogen-bond donors (Lipinski definition) is 2. The van der Waals surface area contributed by atoms with E-state index >= 15 is 0 Å². The van der Waals surface area contributed by atoms with Gasteiger partial charge in [0.25, 0.3) is 0 Å². The fraction of sp³-hybridized carbons (Fsp3) is 0.333. The van der Waals surface area contributed by atoms with Crippen molar-refractivity contribution in [1.82, 2.24) is 5.32 Å². The molecule has 0 radical (unpaired) electrons. The molecule has 0 aliphatic carbocycles. The summed E-state index contributed by atoms with van der Waals surface area (Å²) in [6.45, 7) is 2.93. The standard InChI is InChI=1S/C21H25NO5/c1-15-6-3-4-7-18(15)27-13-5-8-20(23)22-12-11-16-9-10-17(21(24)25)14-19(16)26-2/h3-4,6-7,9-10,14H,5,8,11-13H2,1-2H3,(H,22,23)(H,24,25). The molecule has 0 bridgehead atoms. The molecule has 0 aliphatic heterocycles. The maximum absolute atomic E-state index is 11.9. The van der Waals surface area contributed by atoms with Crippen LogP contribution in [0.5, 0.6) is 11.5 Å². The van der Waals surface area contributed by atoms with Crippen molar-refractivity contribution in [3.8, 4) is 11.5 Å². The van der Waals surface area contributed by atoms with Crippen LogP contribution in [0.3, 0.4) is 0 Å². The molecule has 144 valence electrons. The van der Waals surface area contributed by atoms with Gasteiger partial charge in [0.15, 0.2) is 0 Å². The first-order valence-electron chi connectivity index (χ1n) is 8.86. The molecular formula is C21H25NO5. The number of carboxylic acids is 1. The molecular weight excluding hydrogens is 346 g/mol. The molecule has 0 saturated heterocycles. The van der Waals surface area contributed by atoms with E-state index in [4.69, 9.17) is 14.6 Å². The van der Waals surface area contributed by atoms with Gasteiger partial charge in [0.2, 0.25) is 5.91 Å². The van der Waals surface area contributed by atoms with E-state index in [1.807, 2.05) is 31.2 Å². The molecule has 0 spiro atoms. The van der Waals surface area contributed by atoms with Crippen LogP contribution in [-0.4, -0.2) is 37.2 Å². The van der Waals surface area contributed by atoms with E-state index in [0.29, 0.717) is 38.2 Å². The number of amides is 1. The van der Waals surface area contributed by atoms with E-state index in [1.165, 1.54) is 19.2 Å². The number of carbonyl (C=O) groups excluding carboxylic acids is 1. The van der Waals surface area contributed by atoms with Crippen LogP contribution in [0.4, 0.5) is 0 Å². The highest BCUT2D eigenvalue weighted by molar-refractivity contribution is 5.88. The van der Waals surface area contributed by atoms with Gasteiger partial charge in [-0.1, -0.05) is 24.3 Å². The van der Waals surface area contributed by atoms with E-state index in [1.54, 1.807) is 6.07 Å². The monoisotopic (exact) mass is 371 g/mol. The Kier molecular flexibility index (Phi) is 7.67. The van der Waals surface area contributed by atoms with Gasteiger partial charge in [-0.3, -0.25) is 4.79 Å². The Bertz CT molecular complexity index is 788. The quantitative estimate of drug-likeness (QED) is 0.627. The fourth-order valence-electron chi connectivity index (χ4n) is 2.64. The number of hydrogen-bond acceptors (Lipinski definition) is 4. The lowest BCUT2D eigenvalue weighted by molar-refractivity contribution is -0.121. The zero-order valence-electron chi connectivity index (χ0n) is 15.7. The molecule has 0 atom stereocenters. The molecule has 6 nitrogen and oxygen atoms in total. The van der Waals surface area contributed by atoms with Gasteiger partial charge in [0.05, 0.1) is 19.3 Å². The third kappa shape index (κ3) is 6.33. The zero-order chi connectivity index (χ0) is 19.6. The number of ether oxygens (including phenoxy) is 2. The Morgan fingerprint density at radius 1 is 1.11 bits per heavy atom. The second kappa shape index (κ2) is 10.2. The predicted octanol–water partition coefficient (Wildman–Crippen LogP) is 3.22. The SMILES string of the molecule is COc1cc(C(=O)O)ccc1CCNC(=O)CCCOc1ccccc1C. The summed E-state index contributed by atoms with van der Waals surface area (Å²) in [7, 11) is 1.50. The molecule has 27 heavy (non-hydrogen) atoms. The van der Waals surface area contributed by atoms with Crippen LogP contribution in [0.2, 0.25) is 0 Å². The molecule has 2 rings (SSSR count). The summed E-state index contributed by atoms with van der Waals surface area (Å²) in [6.07, 6.45) is 1.59. The van der Waals surface area contributed by atoms with E-state index in [-0.39, 0.29) is 11.5 Å². The molecule has 1 amide bonds. The van der Waals surface area contributed by atoms with Crippen molar-refractivity contribution in [3.63, 3.8) is 0 Å². The molecule has 0 unspecified atom stereocenters. The summed E-state index contributed by atoms with van der Waals surface area (Å²) >= 11 is 0. The largest absolute Gasteiger partial charge is 0.496 e. The number of para-hydroxylation sites is 1. The lowest BCUT2D eigenvalue weighted by Crippen LogP contribution is -2.26. The summed E-state index contributed by atoms with van der Waals surface area (Å²) in [5, 5.41) is 11.9. The Morgan fingerprint density at radius 2 is 1.89 bits per heavy atom. The fourth-order valence-corrected chi connectivity index (χ4v) is 2.64. The third-order valence-corrected chi connectivity index (χ3v) is 4.15. The van der Waals surface area contributed by atoms with Gasteiger partial charge >= 0.3 is 5.97 Å². The van der Waals surface area contributed by atoms with Crippen molar-refractivity contribution < 1.29 is 24.2 Å². The molecule has 2 aromatic rings. The number of nitrogens with one attached hydrogen (secondary N) is 1. The Labute approximate surface area is 159 Å². The van der Waals surface area contributed by atoms with Gasteiger partial charge < -0.3 is 19.9 Å². The smallest absolute Gasteiger partial charge is 0.335 e. The third-order valence-electron chi connectivity index (χ3n) is 4.15. The molecule has 6 heteroatoms. The van der Waals surface area contributed by atoms with Crippen LogP contribution < -0.4 is 14.8 Å². The summed E-state index contributed by atoms with van der Waals surface area (Å²) in [6, 6.07) is 12.5. The molecule has 2 aromatic carbocycles. The van der Waals surface area contributed by atoms with Gasteiger partial charge in [-0.15, -0.1) is 0 Å². The lowest BCUT2D eigenvalue weighted by Gasteiger charge is -2.11. The minimum atomic E-state index is -0.999. The highest BCUT2D eigenvalue weighted by Gasteiger charge is 2.09. The van der Waals surface area contributed by atoms with E-state index in [0.717, 1.165) is 16.9 Å². The second-order valence-electron chi connectivity index (χ2n) is 6.15. The number of aromatic carboxylic acids is 1. The second-order valence-corrected chi connectivity index (χ2v) is 6.15. The van der Waals surface area contributed by atoms with Crippen molar-refractivity contribution in [3.05, 3.63) is 59.2 Å². The predicted molar refractivity (Wildman–Crippen MR) is 103 cm³/mol. The van der Waals surface area contributed by atoms with Crippen LogP contribution in [-0.2, 0) is 11.2 Å². The Hall–Kier alpha value is -3.02. The summed E-state index contributed by atoms with van der Waals surface area (Å²) in [4.78, 5) is 22.9. The number of carbonyl (C=O) groups is 2. The lowest BCUT2D eigenvalue weighted by atomic mass is 10.1. The highest BCUT2D eigenvalue weighted by atomic mass is 16.5. The molecule has 0 saturated carbocycles. The number of rotatable bonds is 10. The van der Waals surface area contributed by atoms with Crippen molar-refractivity contribution in [2.45, 2.75) is 26.2 Å². The molecule has 0 fully saturated rings. The topological polar surface area (TPSA) is 84.9 Å². The van der Waals surface area contributed by atoms with E-state index in [9.17, 15) is 9.59 Å². The summed E-state index contributed by atoms with van der Waals surface area (Å²) < 4.78 is 10.9. The normalized spacial score (nSPS) is 10.3. The van der Waals surface area contributed by atoms with Crippen LogP contribution >= 0.6 is 0 Å². The minimum Gasteiger partial charge on any atom is -0.496 e. The first kappa shape index (κ1) is 20.3. The minimum absolute atomic E-state index is 0.0375. The molecule has 0 aliphatic rings. The number of aryl methyl sites for hydroxylation is 1. The Balaban J connectivity index is 1.70. The number of benzene rings is 2. The van der Waals surface area contributed by atoms with Crippen LogP contribution in [0.15, 0.2) is 42.5 Å². The number of carboxylic acid groups (broad SMARTS) is 1. The summed E-state index contributed by atoms with van der Waals surface area (Å²) in [5.74, 6) is 0.316. The first-order valence-corrected chi connectivity index (χ1v) is 8.86. The molecule has 0 aromatic heterocycles. The van der Waals surface area contributed by atoms with Gasteiger partial charge in [-0.05, 0) is 49.1 Å². The van der Waals surface area contributed by atoms with E-state index in [2.05, 4.69) is 5.32 Å². The van der Waals surface area contributed by atoms with Gasteiger partial charge in [0, 0.05) is 13.0 Å². The van der Waals surface area contributed by atoms with Crippen molar-refractivity contribution in [2.75, 3.05) is 20.3 Å². The van der Waals surface area contributed by atoms with Gasteiger partial charge in [0.1, 0.15) is 11.5 Å². The van der Waals surface area contributed by atoms with Crippen molar-refractivity contribution in [2.24, 2.45) is 0 Å². The molecule has 2 N–H and O–H groups in total. The average Bonchev–Trinajstić information content (AvgIpc) is 2.66. The highest BCUT2D eigenvalue weighted by Crippen LogP contribution is 2.20. The summed E-state index contributed by atoms with van der Waals surface area (Å²) in [5.41, 5.74) is 2.10. The molecule has 0 heterocycles. The zero-order valence-corrected chi connectivity index (χ0v) is 15.7. The number of methoxy groups -OCH3 is 1.